The predicted molar refractivity (Wildman–Crippen MR) is 59.0 cm³/mol. The Morgan fingerprint density at radius 2 is 1.93 bits per heavy atom. The lowest BCUT2D eigenvalue weighted by atomic mass is 10.1. The number of aromatic amines is 1. The third-order valence-electron chi connectivity index (χ3n) is 2.59. The van der Waals surface area contributed by atoms with E-state index in [0.29, 0.717) is 5.82 Å². The van der Waals surface area contributed by atoms with Crippen LogP contribution in [0.2, 0.25) is 0 Å². The van der Waals surface area contributed by atoms with Crippen molar-refractivity contribution in [3.63, 3.8) is 0 Å². The van der Waals surface area contributed by atoms with Crippen molar-refractivity contribution < 1.29 is 0 Å². The van der Waals surface area contributed by atoms with Crippen molar-refractivity contribution in [1.29, 1.82) is 0 Å². The Hall–Kier alpha value is -1.45. The molecule has 1 aromatic rings. The standard InChI is InChI=1S/C11H16N4/c1-2-4-6-8-10(9-7-5-3-1)11-12-14-15-13-11/h6,8-9H,1-5,7H2,(H,12,13,14,15)/b8-6-,10-9+. The summed E-state index contributed by atoms with van der Waals surface area (Å²) in [7, 11) is 0. The molecule has 0 atom stereocenters. The Morgan fingerprint density at radius 1 is 1.07 bits per heavy atom. The summed E-state index contributed by atoms with van der Waals surface area (Å²) in [6.07, 6.45) is 14.0. The van der Waals surface area contributed by atoms with Crippen LogP contribution in [-0.4, -0.2) is 20.6 Å². The number of allylic oxidation sites excluding steroid dienone is 4. The third kappa shape index (κ3) is 3.01. The van der Waals surface area contributed by atoms with Crippen LogP contribution in [0.5, 0.6) is 0 Å². The monoisotopic (exact) mass is 204 g/mol. The molecule has 2 rings (SSSR count). The van der Waals surface area contributed by atoms with Gasteiger partial charge in [-0.15, -0.1) is 10.2 Å². The third-order valence-corrected chi connectivity index (χ3v) is 2.59. The highest BCUT2D eigenvalue weighted by molar-refractivity contribution is 5.68. The van der Waals surface area contributed by atoms with E-state index >= 15 is 0 Å². The van der Waals surface area contributed by atoms with Gasteiger partial charge < -0.3 is 0 Å². The van der Waals surface area contributed by atoms with Gasteiger partial charge >= 0.3 is 0 Å². The molecule has 0 radical (unpaired) electrons. The first-order chi connectivity index (χ1) is 7.47. The maximum absolute atomic E-state index is 4.00. The summed E-state index contributed by atoms with van der Waals surface area (Å²) in [6.45, 7) is 0. The second-order valence-corrected chi connectivity index (χ2v) is 3.79. The highest BCUT2D eigenvalue weighted by atomic mass is 15.5. The Bertz CT molecular complexity index is 337. The molecule has 1 heterocycles. The number of nitrogens with zero attached hydrogens (tertiary/aromatic N) is 3. The Morgan fingerprint density at radius 3 is 2.73 bits per heavy atom. The lowest BCUT2D eigenvalue weighted by molar-refractivity contribution is 0.651. The molecule has 0 saturated carbocycles. The minimum absolute atomic E-state index is 0.701. The summed E-state index contributed by atoms with van der Waals surface area (Å²) in [6, 6.07) is 0. The fourth-order valence-corrected chi connectivity index (χ4v) is 1.75. The molecule has 1 aromatic heterocycles. The van der Waals surface area contributed by atoms with Crippen LogP contribution < -0.4 is 0 Å². The van der Waals surface area contributed by atoms with Gasteiger partial charge in [0.2, 0.25) is 5.82 Å². The highest BCUT2D eigenvalue weighted by Crippen LogP contribution is 2.16. The first-order valence-electron chi connectivity index (χ1n) is 5.57. The van der Waals surface area contributed by atoms with Gasteiger partial charge in [0.05, 0.1) is 0 Å². The van der Waals surface area contributed by atoms with Crippen LogP contribution in [-0.2, 0) is 0 Å². The lowest BCUT2D eigenvalue weighted by Crippen LogP contribution is -1.87. The van der Waals surface area contributed by atoms with E-state index in [0.717, 1.165) is 18.4 Å². The lowest BCUT2D eigenvalue weighted by Gasteiger charge is -2.02. The van der Waals surface area contributed by atoms with Gasteiger partial charge in [-0.2, -0.15) is 5.21 Å². The molecule has 1 aliphatic carbocycles. The molecule has 0 spiro atoms. The van der Waals surface area contributed by atoms with Crippen molar-refractivity contribution in [2.24, 2.45) is 0 Å². The molecular weight excluding hydrogens is 188 g/mol. The SMILES string of the molecule is C1=C\C(c2nn[nH]n2)=C/CCCCCC/1. The zero-order chi connectivity index (χ0) is 10.3. The Kier molecular flexibility index (Phi) is 3.65. The van der Waals surface area contributed by atoms with Crippen molar-refractivity contribution in [1.82, 2.24) is 20.6 Å². The maximum Gasteiger partial charge on any atom is 0.204 e. The average molecular weight is 204 g/mol. The quantitative estimate of drug-likeness (QED) is 0.764. The van der Waals surface area contributed by atoms with Gasteiger partial charge in [0, 0.05) is 5.57 Å². The van der Waals surface area contributed by atoms with Gasteiger partial charge in [-0.25, -0.2) is 0 Å². The van der Waals surface area contributed by atoms with Gasteiger partial charge in [0.15, 0.2) is 0 Å². The van der Waals surface area contributed by atoms with Gasteiger partial charge in [0.1, 0.15) is 0 Å². The fourth-order valence-electron chi connectivity index (χ4n) is 1.75. The minimum Gasteiger partial charge on any atom is -0.177 e. The number of aromatic nitrogens is 4. The minimum atomic E-state index is 0.701. The molecular formula is C11H16N4. The molecule has 1 aliphatic rings. The van der Waals surface area contributed by atoms with Crippen LogP contribution in [0.25, 0.3) is 5.57 Å². The molecule has 15 heavy (non-hydrogen) atoms. The zero-order valence-corrected chi connectivity index (χ0v) is 8.82. The van der Waals surface area contributed by atoms with Crippen molar-refractivity contribution >= 4 is 5.57 Å². The van der Waals surface area contributed by atoms with Gasteiger partial charge in [-0.05, 0) is 30.9 Å². The Balaban J connectivity index is 2.12. The molecule has 4 heteroatoms. The average Bonchev–Trinajstić information content (AvgIpc) is 2.79. The number of hydrogen-bond acceptors (Lipinski definition) is 3. The first-order valence-corrected chi connectivity index (χ1v) is 5.57. The van der Waals surface area contributed by atoms with Crippen molar-refractivity contribution in [2.75, 3.05) is 0 Å². The van der Waals surface area contributed by atoms with Crippen LogP contribution in [0.15, 0.2) is 18.2 Å². The summed E-state index contributed by atoms with van der Waals surface area (Å²) in [5.74, 6) is 0.701. The molecule has 4 nitrogen and oxygen atoms in total. The molecule has 0 amide bonds. The number of hydrogen-bond donors (Lipinski definition) is 1. The van der Waals surface area contributed by atoms with Crippen LogP contribution >= 0.6 is 0 Å². The smallest absolute Gasteiger partial charge is 0.177 e. The van der Waals surface area contributed by atoms with Crippen molar-refractivity contribution in [3.05, 3.63) is 24.1 Å². The summed E-state index contributed by atoms with van der Waals surface area (Å²) >= 11 is 0. The number of rotatable bonds is 1. The summed E-state index contributed by atoms with van der Waals surface area (Å²) in [5.41, 5.74) is 1.09. The van der Waals surface area contributed by atoms with Crippen LogP contribution in [0.3, 0.4) is 0 Å². The van der Waals surface area contributed by atoms with Crippen molar-refractivity contribution in [3.8, 4) is 0 Å². The predicted octanol–water partition coefficient (Wildman–Crippen LogP) is 2.49. The number of nitrogens with one attached hydrogen (secondary N) is 1. The topological polar surface area (TPSA) is 54.5 Å². The van der Waals surface area contributed by atoms with E-state index in [1.54, 1.807) is 0 Å². The van der Waals surface area contributed by atoms with E-state index in [-0.39, 0.29) is 0 Å². The van der Waals surface area contributed by atoms with E-state index in [4.69, 9.17) is 0 Å². The van der Waals surface area contributed by atoms with E-state index in [2.05, 4.69) is 38.9 Å². The molecule has 0 unspecified atom stereocenters. The van der Waals surface area contributed by atoms with Gasteiger partial charge in [-0.1, -0.05) is 31.1 Å². The van der Waals surface area contributed by atoms with E-state index in [1.165, 1.54) is 25.7 Å². The van der Waals surface area contributed by atoms with Crippen LogP contribution in [0.4, 0.5) is 0 Å². The van der Waals surface area contributed by atoms with Crippen molar-refractivity contribution in [2.45, 2.75) is 38.5 Å². The molecule has 1 N–H and O–H groups in total. The van der Waals surface area contributed by atoms with E-state index < -0.39 is 0 Å². The zero-order valence-electron chi connectivity index (χ0n) is 8.82. The largest absolute Gasteiger partial charge is 0.204 e. The molecule has 80 valence electrons. The molecule has 0 aliphatic heterocycles. The van der Waals surface area contributed by atoms with Gasteiger partial charge in [0.25, 0.3) is 0 Å². The Labute approximate surface area is 89.5 Å². The molecule has 0 saturated heterocycles. The summed E-state index contributed by atoms with van der Waals surface area (Å²) in [4.78, 5) is 0. The highest BCUT2D eigenvalue weighted by Gasteiger charge is 2.03. The molecule has 0 bridgehead atoms. The van der Waals surface area contributed by atoms with Crippen LogP contribution in [0, 0.1) is 0 Å². The summed E-state index contributed by atoms with van der Waals surface area (Å²) in [5, 5.41) is 14.1. The second-order valence-electron chi connectivity index (χ2n) is 3.79. The van der Waals surface area contributed by atoms with E-state index in [9.17, 15) is 0 Å². The summed E-state index contributed by atoms with van der Waals surface area (Å²) < 4.78 is 0. The van der Waals surface area contributed by atoms with Gasteiger partial charge in [-0.3, -0.25) is 0 Å². The normalized spacial score (nSPS) is 24.1. The number of H-pyrrole nitrogens is 1. The fraction of sp³-hybridized carbons (Fsp3) is 0.545. The number of tetrazole rings is 1. The van der Waals surface area contributed by atoms with Crippen LogP contribution in [0.1, 0.15) is 44.3 Å². The molecule has 0 fully saturated rings. The maximum atomic E-state index is 4.00. The van der Waals surface area contributed by atoms with E-state index in [1.807, 2.05) is 0 Å². The molecule has 0 aromatic carbocycles. The first kappa shape index (κ1) is 10.1. The second kappa shape index (κ2) is 5.44.